The predicted octanol–water partition coefficient (Wildman–Crippen LogP) is 3.80. The number of hydrogen-bond acceptors (Lipinski definition) is 3. The number of esters is 1. The lowest BCUT2D eigenvalue weighted by Gasteiger charge is -2.34. The number of ether oxygens (including phenoxy) is 1. The average molecular weight is 289 g/mol. The molecule has 1 heterocycles. The van der Waals surface area contributed by atoms with Crippen molar-refractivity contribution >= 4 is 5.97 Å². The molecular formula is C18H27NO2. The van der Waals surface area contributed by atoms with Gasteiger partial charge in [-0.2, -0.15) is 0 Å². The van der Waals surface area contributed by atoms with Crippen LogP contribution in [-0.2, 0) is 9.53 Å². The zero-order valence-electron chi connectivity index (χ0n) is 13.3. The van der Waals surface area contributed by atoms with Crippen LogP contribution in [0, 0.1) is 5.92 Å². The van der Waals surface area contributed by atoms with E-state index < -0.39 is 0 Å². The van der Waals surface area contributed by atoms with Crippen LogP contribution in [0.5, 0.6) is 0 Å². The highest BCUT2D eigenvalue weighted by Crippen LogP contribution is 2.27. The Kier molecular flexibility index (Phi) is 6.24. The van der Waals surface area contributed by atoms with Crippen LogP contribution < -0.4 is 0 Å². The van der Waals surface area contributed by atoms with Gasteiger partial charge < -0.3 is 4.74 Å². The summed E-state index contributed by atoms with van der Waals surface area (Å²) in [6.07, 6.45) is 4.21. The fraction of sp³-hybridized carbons (Fsp3) is 0.611. The molecule has 0 bridgehead atoms. The van der Waals surface area contributed by atoms with Crippen LogP contribution in [0.4, 0.5) is 0 Å². The monoisotopic (exact) mass is 289 g/mol. The zero-order valence-corrected chi connectivity index (χ0v) is 13.3. The fourth-order valence-electron chi connectivity index (χ4n) is 2.84. The first-order valence-electron chi connectivity index (χ1n) is 8.11. The molecule has 1 fully saturated rings. The molecule has 21 heavy (non-hydrogen) atoms. The van der Waals surface area contributed by atoms with E-state index in [0.29, 0.717) is 18.9 Å². The van der Waals surface area contributed by atoms with Crippen LogP contribution in [-0.4, -0.2) is 30.6 Å². The summed E-state index contributed by atoms with van der Waals surface area (Å²) in [7, 11) is 0. The molecule has 3 nitrogen and oxygen atoms in total. The second-order valence-electron chi connectivity index (χ2n) is 6.30. The highest BCUT2D eigenvalue weighted by molar-refractivity contribution is 5.70. The second-order valence-corrected chi connectivity index (χ2v) is 6.30. The summed E-state index contributed by atoms with van der Waals surface area (Å²) in [6, 6.07) is 10.5. The first-order chi connectivity index (χ1) is 10.2. The molecule has 0 amide bonds. The maximum atomic E-state index is 12.1. The van der Waals surface area contributed by atoms with Gasteiger partial charge in [0.1, 0.15) is 0 Å². The normalized spacial score (nSPS) is 17.7. The highest BCUT2D eigenvalue weighted by atomic mass is 16.5. The summed E-state index contributed by atoms with van der Waals surface area (Å²) in [4.78, 5) is 14.6. The van der Waals surface area contributed by atoms with Gasteiger partial charge in [-0.3, -0.25) is 9.69 Å². The van der Waals surface area contributed by atoms with Crippen molar-refractivity contribution in [3.05, 3.63) is 35.9 Å². The Morgan fingerprint density at radius 3 is 2.43 bits per heavy atom. The predicted molar refractivity (Wildman–Crippen MR) is 85.0 cm³/mol. The molecule has 0 aliphatic carbocycles. The van der Waals surface area contributed by atoms with Crippen molar-refractivity contribution in [2.24, 2.45) is 5.92 Å². The summed E-state index contributed by atoms with van der Waals surface area (Å²) in [5, 5.41) is 0. The molecule has 3 heteroatoms. The maximum Gasteiger partial charge on any atom is 0.307 e. The first kappa shape index (κ1) is 16.0. The van der Waals surface area contributed by atoms with Crippen LogP contribution in [0.15, 0.2) is 30.3 Å². The number of carbonyl (C=O) groups is 1. The Hall–Kier alpha value is -1.35. The molecule has 0 spiro atoms. The number of likely N-dealkylation sites (tertiary alicyclic amines) is 1. The van der Waals surface area contributed by atoms with Gasteiger partial charge in [-0.1, -0.05) is 50.6 Å². The van der Waals surface area contributed by atoms with Crippen LogP contribution >= 0.6 is 0 Å². The molecule has 0 aromatic heterocycles. The smallest absolute Gasteiger partial charge is 0.307 e. The Balaban J connectivity index is 2.03. The summed E-state index contributed by atoms with van der Waals surface area (Å²) < 4.78 is 5.38. The molecule has 1 aromatic carbocycles. The van der Waals surface area contributed by atoms with E-state index in [0.717, 1.165) is 13.1 Å². The van der Waals surface area contributed by atoms with Crippen molar-refractivity contribution in [2.75, 3.05) is 19.7 Å². The molecule has 116 valence electrons. The van der Waals surface area contributed by atoms with E-state index in [1.165, 1.54) is 24.8 Å². The molecule has 1 atom stereocenters. The third-order valence-electron chi connectivity index (χ3n) is 3.95. The van der Waals surface area contributed by atoms with Crippen molar-refractivity contribution in [2.45, 2.75) is 45.6 Å². The van der Waals surface area contributed by atoms with E-state index >= 15 is 0 Å². The quantitative estimate of drug-likeness (QED) is 0.746. The van der Waals surface area contributed by atoms with Crippen LogP contribution in [0.3, 0.4) is 0 Å². The molecule has 0 unspecified atom stereocenters. The van der Waals surface area contributed by atoms with Gasteiger partial charge in [0.15, 0.2) is 0 Å². The fourth-order valence-corrected chi connectivity index (χ4v) is 2.84. The van der Waals surface area contributed by atoms with Crippen LogP contribution in [0.25, 0.3) is 0 Å². The standard InChI is InChI=1S/C18H27NO2/c1-15(2)14-21-18(20)13-17(16-9-5-3-6-10-16)19-11-7-4-8-12-19/h3,5-6,9-10,15,17H,4,7-8,11-14H2,1-2H3/t17-/m1/s1. The number of benzene rings is 1. The molecule has 1 aliphatic heterocycles. The number of hydrogen-bond donors (Lipinski definition) is 0. The molecule has 1 aliphatic rings. The van der Waals surface area contributed by atoms with E-state index in [4.69, 9.17) is 4.74 Å². The molecular weight excluding hydrogens is 262 g/mol. The molecule has 1 saturated heterocycles. The van der Waals surface area contributed by atoms with Crippen molar-refractivity contribution in [1.29, 1.82) is 0 Å². The molecule has 0 saturated carbocycles. The van der Waals surface area contributed by atoms with E-state index in [1.807, 2.05) is 18.2 Å². The lowest BCUT2D eigenvalue weighted by atomic mass is 9.99. The van der Waals surface area contributed by atoms with Crippen molar-refractivity contribution < 1.29 is 9.53 Å². The summed E-state index contributed by atoms with van der Waals surface area (Å²) in [5.74, 6) is 0.308. The minimum absolute atomic E-state index is 0.0804. The van der Waals surface area contributed by atoms with Crippen molar-refractivity contribution in [3.8, 4) is 0 Å². The van der Waals surface area contributed by atoms with Gasteiger partial charge >= 0.3 is 5.97 Å². The van der Waals surface area contributed by atoms with Gasteiger partial charge in [0.05, 0.1) is 13.0 Å². The van der Waals surface area contributed by atoms with Crippen molar-refractivity contribution in [1.82, 2.24) is 4.90 Å². The Bertz CT molecular complexity index is 424. The Morgan fingerprint density at radius 2 is 1.81 bits per heavy atom. The topological polar surface area (TPSA) is 29.5 Å². The van der Waals surface area contributed by atoms with E-state index in [9.17, 15) is 4.79 Å². The van der Waals surface area contributed by atoms with Gasteiger partial charge in [-0.25, -0.2) is 0 Å². The first-order valence-corrected chi connectivity index (χ1v) is 8.11. The van der Waals surface area contributed by atoms with Crippen LogP contribution in [0.1, 0.15) is 51.1 Å². The van der Waals surface area contributed by atoms with Crippen molar-refractivity contribution in [3.63, 3.8) is 0 Å². The average Bonchev–Trinajstić information content (AvgIpc) is 2.52. The second kappa shape index (κ2) is 8.18. The van der Waals surface area contributed by atoms with Gasteiger partial charge in [-0.05, 0) is 37.4 Å². The van der Waals surface area contributed by atoms with E-state index in [2.05, 4.69) is 30.9 Å². The Labute approximate surface area is 128 Å². The highest BCUT2D eigenvalue weighted by Gasteiger charge is 2.25. The SMILES string of the molecule is CC(C)COC(=O)C[C@H](c1ccccc1)N1CCCCC1. The molecule has 1 aromatic rings. The Morgan fingerprint density at radius 1 is 1.14 bits per heavy atom. The number of carbonyl (C=O) groups excluding carboxylic acids is 1. The summed E-state index contributed by atoms with van der Waals surface area (Å²) in [6.45, 7) is 6.80. The molecule has 0 radical (unpaired) electrons. The number of rotatable bonds is 6. The van der Waals surface area contributed by atoms with E-state index in [1.54, 1.807) is 0 Å². The lowest BCUT2D eigenvalue weighted by Crippen LogP contribution is -2.35. The third kappa shape index (κ3) is 5.16. The van der Waals surface area contributed by atoms with Gasteiger partial charge in [0, 0.05) is 6.04 Å². The van der Waals surface area contributed by atoms with Gasteiger partial charge in [0.2, 0.25) is 0 Å². The van der Waals surface area contributed by atoms with Gasteiger partial charge in [0.25, 0.3) is 0 Å². The maximum absolute atomic E-state index is 12.1. The molecule has 0 N–H and O–H groups in total. The summed E-state index contributed by atoms with van der Waals surface area (Å²) >= 11 is 0. The van der Waals surface area contributed by atoms with E-state index in [-0.39, 0.29) is 12.0 Å². The largest absolute Gasteiger partial charge is 0.465 e. The zero-order chi connectivity index (χ0) is 15.1. The minimum atomic E-state index is -0.0804. The molecule has 2 rings (SSSR count). The minimum Gasteiger partial charge on any atom is -0.465 e. The number of nitrogens with zero attached hydrogens (tertiary/aromatic N) is 1. The van der Waals surface area contributed by atoms with Gasteiger partial charge in [-0.15, -0.1) is 0 Å². The third-order valence-corrected chi connectivity index (χ3v) is 3.95. The lowest BCUT2D eigenvalue weighted by molar-refractivity contribution is -0.146. The number of piperidine rings is 1. The van der Waals surface area contributed by atoms with Crippen LogP contribution in [0.2, 0.25) is 0 Å². The summed E-state index contributed by atoms with van der Waals surface area (Å²) in [5.41, 5.74) is 1.22.